The van der Waals surface area contributed by atoms with Crippen molar-refractivity contribution in [3.63, 3.8) is 0 Å². The lowest BCUT2D eigenvalue weighted by Gasteiger charge is -2.41. The van der Waals surface area contributed by atoms with Crippen molar-refractivity contribution in [1.82, 2.24) is 34.5 Å². The van der Waals surface area contributed by atoms with Crippen LogP contribution in [0.3, 0.4) is 0 Å². The summed E-state index contributed by atoms with van der Waals surface area (Å²) in [5.41, 5.74) is 0.296. The second-order valence-corrected chi connectivity index (χ2v) is 13.8. The van der Waals surface area contributed by atoms with Crippen molar-refractivity contribution in [3.8, 4) is 29.5 Å². The van der Waals surface area contributed by atoms with Crippen molar-refractivity contribution in [1.29, 1.82) is 0 Å². The van der Waals surface area contributed by atoms with Crippen molar-refractivity contribution < 1.29 is 22.7 Å². The van der Waals surface area contributed by atoms with Crippen LogP contribution < -0.4 is 9.64 Å². The predicted octanol–water partition coefficient (Wildman–Crippen LogP) is 5.58. The Balaban J connectivity index is 1.14. The lowest BCUT2D eigenvalue weighted by atomic mass is 9.93. The molecule has 0 saturated carbocycles. The fourth-order valence-electron chi connectivity index (χ4n) is 8.82. The van der Waals surface area contributed by atoms with Gasteiger partial charge in [0.15, 0.2) is 5.82 Å². The molecule has 4 fully saturated rings. The fraction of sp³-hybridized carbons (Fsp3) is 0.378. The molecule has 0 aliphatic carbocycles. The summed E-state index contributed by atoms with van der Waals surface area (Å²) < 4.78 is 54.0. The first-order valence-electron chi connectivity index (χ1n) is 17.0. The van der Waals surface area contributed by atoms with Crippen LogP contribution in [0.25, 0.3) is 32.8 Å². The number of nitrogens with zero attached hydrogens (tertiary/aromatic N) is 8. The smallest absolute Gasteiger partial charge is 0.346 e. The van der Waals surface area contributed by atoms with E-state index in [1.807, 2.05) is 11.0 Å². The van der Waals surface area contributed by atoms with Gasteiger partial charge in [-0.3, -0.25) is 4.90 Å². The molecule has 0 radical (unpaired) electrons. The Hall–Kier alpha value is -5.22. The Bertz CT molecular complexity index is 2190. The number of alkyl halides is 1. The van der Waals surface area contributed by atoms with Gasteiger partial charge in [0.1, 0.15) is 42.6 Å². The monoisotopic (exact) mass is 678 g/mol. The summed E-state index contributed by atoms with van der Waals surface area (Å²) in [6, 6.07) is 11.2. The molecule has 4 saturated heterocycles. The van der Waals surface area contributed by atoms with E-state index < -0.39 is 23.3 Å². The first-order valence-corrected chi connectivity index (χ1v) is 17.0. The normalized spacial score (nSPS) is 24.6. The van der Waals surface area contributed by atoms with Gasteiger partial charge in [0.2, 0.25) is 0 Å². The number of carbonyl (C=O) groups is 1. The molecule has 4 atom stereocenters. The average molecular weight is 679 g/mol. The molecule has 2 aromatic heterocycles. The summed E-state index contributed by atoms with van der Waals surface area (Å²) in [4.78, 5) is 32.8. The predicted molar refractivity (Wildman–Crippen MR) is 181 cm³/mol. The van der Waals surface area contributed by atoms with Crippen LogP contribution in [0.4, 0.5) is 23.8 Å². The molecular weight excluding hydrogens is 645 g/mol. The summed E-state index contributed by atoms with van der Waals surface area (Å²) in [6.45, 7) is 2.27. The van der Waals surface area contributed by atoms with E-state index in [0.29, 0.717) is 53.6 Å². The van der Waals surface area contributed by atoms with Crippen LogP contribution in [0.5, 0.6) is 6.01 Å². The molecular formula is C37H33F3N8O2. The van der Waals surface area contributed by atoms with Gasteiger partial charge in [0, 0.05) is 42.4 Å². The molecule has 2 bridgehead atoms. The van der Waals surface area contributed by atoms with Gasteiger partial charge in [-0.1, -0.05) is 36.3 Å². The summed E-state index contributed by atoms with van der Waals surface area (Å²) >= 11 is 0. The lowest BCUT2D eigenvalue weighted by Crippen LogP contribution is -2.57. The van der Waals surface area contributed by atoms with Crippen LogP contribution >= 0.6 is 0 Å². The first-order chi connectivity index (χ1) is 24.3. The van der Waals surface area contributed by atoms with E-state index >= 15 is 4.39 Å². The molecule has 5 aromatic rings. The molecule has 50 heavy (non-hydrogen) atoms. The van der Waals surface area contributed by atoms with E-state index in [4.69, 9.17) is 16.1 Å². The molecule has 1 amide bonds. The molecule has 0 N–H and O–H groups in total. The summed E-state index contributed by atoms with van der Waals surface area (Å²) in [5, 5.41) is 5.63. The lowest BCUT2D eigenvalue weighted by molar-refractivity contribution is 0.107. The molecule has 254 valence electrons. The quantitative estimate of drug-likeness (QED) is 0.223. The van der Waals surface area contributed by atoms with Gasteiger partial charge < -0.3 is 14.5 Å². The molecule has 2 unspecified atom stereocenters. The number of rotatable bonds is 5. The summed E-state index contributed by atoms with van der Waals surface area (Å²) in [6.07, 6.45) is 11.2. The second kappa shape index (κ2) is 11.7. The maximum Gasteiger partial charge on any atom is 0.346 e. The van der Waals surface area contributed by atoms with Crippen molar-refractivity contribution in [2.24, 2.45) is 0 Å². The number of ether oxygens (including phenoxy) is 1. The van der Waals surface area contributed by atoms with Gasteiger partial charge in [0.25, 0.3) is 0 Å². The van der Waals surface area contributed by atoms with Gasteiger partial charge >= 0.3 is 12.0 Å². The number of hydrogen-bond donors (Lipinski definition) is 0. The zero-order chi connectivity index (χ0) is 34.1. The first kappa shape index (κ1) is 30.8. The largest absolute Gasteiger partial charge is 0.461 e. The Morgan fingerprint density at radius 1 is 1.04 bits per heavy atom. The highest BCUT2D eigenvalue weighted by atomic mass is 19.1. The Kier molecular flexibility index (Phi) is 7.20. The van der Waals surface area contributed by atoms with Crippen LogP contribution in [0, 0.1) is 24.0 Å². The van der Waals surface area contributed by atoms with E-state index in [0.717, 1.165) is 32.2 Å². The maximum absolute atomic E-state index is 17.0. The van der Waals surface area contributed by atoms with Crippen molar-refractivity contribution in [2.45, 2.75) is 55.9 Å². The molecule has 3 aromatic carbocycles. The van der Waals surface area contributed by atoms with Crippen LogP contribution in [0.2, 0.25) is 0 Å². The molecule has 6 heterocycles. The third-order valence-electron chi connectivity index (χ3n) is 11.0. The van der Waals surface area contributed by atoms with Crippen LogP contribution in [0.1, 0.15) is 37.7 Å². The molecule has 10 nitrogen and oxygen atoms in total. The van der Waals surface area contributed by atoms with Crippen molar-refractivity contribution in [3.05, 3.63) is 72.3 Å². The third-order valence-corrected chi connectivity index (χ3v) is 11.0. The second-order valence-electron chi connectivity index (χ2n) is 13.8. The van der Waals surface area contributed by atoms with Crippen LogP contribution in [0.15, 0.2) is 55.1 Å². The fourth-order valence-corrected chi connectivity index (χ4v) is 8.82. The minimum Gasteiger partial charge on any atom is -0.461 e. The molecule has 4 aliphatic heterocycles. The summed E-state index contributed by atoms with van der Waals surface area (Å²) in [7, 11) is 0. The Morgan fingerprint density at radius 2 is 1.88 bits per heavy atom. The highest BCUT2D eigenvalue weighted by Crippen LogP contribution is 2.42. The van der Waals surface area contributed by atoms with E-state index in [1.165, 1.54) is 23.4 Å². The van der Waals surface area contributed by atoms with Gasteiger partial charge in [-0.05, 0) is 55.3 Å². The molecule has 4 aliphatic rings. The number of piperazine rings is 1. The molecule has 9 rings (SSSR count). The van der Waals surface area contributed by atoms with Crippen LogP contribution in [-0.4, -0.2) is 97.1 Å². The topological polar surface area (TPSA) is 92.5 Å². The zero-order valence-corrected chi connectivity index (χ0v) is 27.1. The Morgan fingerprint density at radius 3 is 2.66 bits per heavy atom. The van der Waals surface area contributed by atoms with Crippen molar-refractivity contribution in [2.75, 3.05) is 37.7 Å². The number of benzene rings is 3. The van der Waals surface area contributed by atoms with Gasteiger partial charge in [-0.15, -0.1) is 6.42 Å². The number of aromatic nitrogens is 5. The van der Waals surface area contributed by atoms with E-state index in [-0.39, 0.29) is 47.4 Å². The molecule has 13 heteroatoms. The highest BCUT2D eigenvalue weighted by molar-refractivity contribution is 6.03. The van der Waals surface area contributed by atoms with Crippen molar-refractivity contribution >= 4 is 33.5 Å². The van der Waals surface area contributed by atoms with E-state index in [2.05, 4.69) is 30.8 Å². The van der Waals surface area contributed by atoms with E-state index in [1.54, 1.807) is 30.3 Å². The number of fused-ring (bicyclic) bond motifs is 5. The zero-order valence-electron chi connectivity index (χ0n) is 27.1. The van der Waals surface area contributed by atoms with Crippen LogP contribution in [-0.2, 0) is 0 Å². The minimum absolute atomic E-state index is 0.00571. The Labute approximate surface area is 285 Å². The van der Waals surface area contributed by atoms with Gasteiger partial charge in [-0.2, -0.15) is 19.7 Å². The maximum atomic E-state index is 17.0. The van der Waals surface area contributed by atoms with E-state index in [9.17, 15) is 13.6 Å². The minimum atomic E-state index is -0.933. The number of halogens is 3. The molecule has 0 spiro atoms. The SMILES string of the molecule is C#Cc1c(F)ccc2cccc(-c3ccc4c(N5CC6CCC(C5)N6C(=O)n5cncn5)nc(OC[C@@]56CCCN5C[C@H](F)C6)nc4c3F)c12. The number of amides is 1. The van der Waals surface area contributed by atoms with Gasteiger partial charge in [0.05, 0.1) is 23.2 Å². The number of anilines is 1. The summed E-state index contributed by atoms with van der Waals surface area (Å²) in [5.74, 6) is 1.75. The standard InChI is InChI=1S/C37H33F3N8O2/c1-2-26-30(39)12-7-22-5-3-6-27(31(22)26)28-10-11-29-33(32(28)40)43-35(50-19-37-13-4-14-46(37)16-23(38)15-37)44-34(29)45-17-24-8-9-25(18-45)48(24)36(49)47-21-41-20-42-47/h1,3,5-7,10-12,20-21,23-25H,4,8-9,13-19H2/t23-,24?,25?,37+/m1/s1. The number of hydrogen-bond acceptors (Lipinski definition) is 8. The third kappa shape index (κ3) is 4.80. The average Bonchev–Trinajstić information content (AvgIpc) is 3.90. The number of terminal acetylenes is 1. The number of carbonyl (C=O) groups excluding carboxylic acids is 1. The van der Waals surface area contributed by atoms with Gasteiger partial charge in [-0.25, -0.2) is 22.9 Å². The highest BCUT2D eigenvalue weighted by Gasteiger charge is 2.49.